The van der Waals surface area contributed by atoms with Crippen molar-refractivity contribution in [1.29, 1.82) is 0 Å². The van der Waals surface area contributed by atoms with E-state index in [-0.39, 0.29) is 12.0 Å². The van der Waals surface area contributed by atoms with Crippen LogP contribution in [0.25, 0.3) is 11.4 Å². The van der Waals surface area contributed by atoms with E-state index in [0.29, 0.717) is 24.2 Å². The van der Waals surface area contributed by atoms with E-state index < -0.39 is 11.4 Å². The van der Waals surface area contributed by atoms with Gasteiger partial charge in [0.15, 0.2) is 11.3 Å². The van der Waals surface area contributed by atoms with Crippen LogP contribution >= 0.6 is 0 Å². The first kappa shape index (κ1) is 13.5. The summed E-state index contributed by atoms with van der Waals surface area (Å²) in [5, 5.41) is 20.9. The molecule has 1 fully saturated rings. The molecule has 0 atom stereocenters. The van der Waals surface area contributed by atoms with Crippen molar-refractivity contribution >= 4 is 5.97 Å². The molecule has 0 amide bonds. The van der Waals surface area contributed by atoms with Crippen LogP contribution in [0.4, 0.5) is 0 Å². The minimum Gasteiger partial charge on any atom is -0.481 e. The van der Waals surface area contributed by atoms with Crippen LogP contribution in [0.15, 0.2) is 23.3 Å². The van der Waals surface area contributed by atoms with Gasteiger partial charge < -0.3 is 10.1 Å². The van der Waals surface area contributed by atoms with Crippen LogP contribution in [0.3, 0.4) is 0 Å². The Morgan fingerprint density at radius 2 is 2.19 bits per heavy atom. The molecule has 1 aliphatic rings. The molecule has 2 aromatic rings. The lowest BCUT2D eigenvalue weighted by atomic mass is 9.86. The fourth-order valence-electron chi connectivity index (χ4n) is 2.87. The fourth-order valence-corrected chi connectivity index (χ4v) is 2.87. The number of nitrogens with zero attached hydrogens (tertiary/aromatic N) is 4. The van der Waals surface area contributed by atoms with Gasteiger partial charge in [0, 0.05) is 18.5 Å². The van der Waals surface area contributed by atoms with E-state index in [1.807, 2.05) is 0 Å². The second kappa shape index (κ2) is 5.12. The van der Waals surface area contributed by atoms with Crippen LogP contribution in [-0.2, 0) is 11.3 Å². The molecule has 0 saturated heterocycles. The van der Waals surface area contributed by atoms with Crippen LogP contribution in [-0.4, -0.2) is 36.3 Å². The molecule has 2 heterocycles. The Bertz CT molecular complexity index is 714. The van der Waals surface area contributed by atoms with Crippen molar-refractivity contribution in [2.45, 2.75) is 32.2 Å². The van der Waals surface area contributed by atoms with Gasteiger partial charge in [0.2, 0.25) is 0 Å². The number of rotatable bonds is 4. The number of nitrogens with one attached hydrogen (secondary N) is 1. The van der Waals surface area contributed by atoms with E-state index in [1.165, 1.54) is 23.1 Å². The first-order valence-electron chi connectivity index (χ1n) is 6.79. The maximum absolute atomic E-state index is 11.9. The molecule has 21 heavy (non-hydrogen) atoms. The Labute approximate surface area is 119 Å². The number of aromatic nitrogens is 5. The van der Waals surface area contributed by atoms with Gasteiger partial charge in [-0.15, -0.1) is 5.10 Å². The van der Waals surface area contributed by atoms with Gasteiger partial charge in [-0.05, 0) is 23.3 Å². The largest absolute Gasteiger partial charge is 0.481 e. The molecule has 3 rings (SSSR count). The van der Waals surface area contributed by atoms with Gasteiger partial charge in [0.05, 0.1) is 17.5 Å². The molecule has 0 aromatic carbocycles. The first-order chi connectivity index (χ1) is 10.1. The molecule has 0 unspecified atom stereocenters. The summed E-state index contributed by atoms with van der Waals surface area (Å²) in [4.78, 5) is 26.3. The Balaban J connectivity index is 1.98. The van der Waals surface area contributed by atoms with Crippen LogP contribution < -0.4 is 5.43 Å². The lowest BCUT2D eigenvalue weighted by Gasteiger charge is -2.23. The van der Waals surface area contributed by atoms with Gasteiger partial charge in [0.25, 0.3) is 0 Å². The summed E-state index contributed by atoms with van der Waals surface area (Å²) in [7, 11) is 0. The molecular weight excluding hydrogens is 274 g/mol. The summed E-state index contributed by atoms with van der Waals surface area (Å²) < 4.78 is 1.42. The number of carboxylic acids is 1. The number of carbonyl (C=O) groups is 1. The minimum atomic E-state index is -0.842. The Morgan fingerprint density at radius 1 is 1.43 bits per heavy atom. The van der Waals surface area contributed by atoms with Crippen LogP contribution in [0.2, 0.25) is 0 Å². The molecule has 0 spiro atoms. The van der Waals surface area contributed by atoms with Gasteiger partial charge in [-0.25, -0.2) is 4.68 Å². The standard InChI is InChI=1S/C13H15N5O3/c19-10-3-6-14-7-9(10)11-15-16-17-18(11)8-13(12(20)21)4-1-2-5-13/h3,6-7H,1-2,4-5,8H2,(H,14,19)(H,20,21). The zero-order chi connectivity index (χ0) is 14.9. The fraction of sp³-hybridized carbons (Fsp3) is 0.462. The van der Waals surface area contributed by atoms with Gasteiger partial charge >= 0.3 is 5.97 Å². The SMILES string of the molecule is O=C(O)C1(Cn2nnnc2-c2c[nH]ccc2=O)CCCC1. The summed E-state index contributed by atoms with van der Waals surface area (Å²) in [6.45, 7) is 0.180. The molecular formula is C13H15N5O3. The van der Waals surface area contributed by atoms with Crippen molar-refractivity contribution in [1.82, 2.24) is 25.2 Å². The molecule has 1 aliphatic carbocycles. The third-order valence-electron chi connectivity index (χ3n) is 4.06. The van der Waals surface area contributed by atoms with Crippen LogP contribution in [0, 0.1) is 5.41 Å². The highest BCUT2D eigenvalue weighted by Crippen LogP contribution is 2.40. The van der Waals surface area contributed by atoms with Gasteiger partial charge in [-0.2, -0.15) is 0 Å². The van der Waals surface area contributed by atoms with Crippen LogP contribution in [0.1, 0.15) is 25.7 Å². The van der Waals surface area contributed by atoms with Gasteiger partial charge in [-0.3, -0.25) is 9.59 Å². The van der Waals surface area contributed by atoms with E-state index in [0.717, 1.165) is 12.8 Å². The molecule has 110 valence electrons. The molecule has 0 bridgehead atoms. The van der Waals surface area contributed by atoms with Crippen molar-refractivity contribution in [3.63, 3.8) is 0 Å². The Hall–Kier alpha value is -2.51. The maximum Gasteiger partial charge on any atom is 0.311 e. The highest BCUT2D eigenvalue weighted by atomic mass is 16.4. The lowest BCUT2D eigenvalue weighted by Crippen LogP contribution is -2.33. The van der Waals surface area contributed by atoms with E-state index in [9.17, 15) is 14.7 Å². The molecule has 2 aromatic heterocycles. The number of hydrogen-bond donors (Lipinski definition) is 2. The van der Waals surface area contributed by atoms with Crippen molar-refractivity contribution in [2.24, 2.45) is 5.41 Å². The number of H-pyrrole nitrogens is 1. The predicted molar refractivity (Wildman–Crippen MR) is 72.4 cm³/mol. The quantitative estimate of drug-likeness (QED) is 0.855. The van der Waals surface area contributed by atoms with Gasteiger partial charge in [0.1, 0.15) is 0 Å². The summed E-state index contributed by atoms with van der Waals surface area (Å²) in [6, 6.07) is 1.39. The zero-order valence-corrected chi connectivity index (χ0v) is 11.3. The number of carboxylic acid groups (broad SMARTS) is 1. The predicted octanol–water partition coefficient (Wildman–Crippen LogP) is 0.673. The second-order valence-electron chi connectivity index (χ2n) is 5.37. The third kappa shape index (κ3) is 2.32. The number of aromatic amines is 1. The minimum absolute atomic E-state index is 0.180. The summed E-state index contributed by atoms with van der Waals surface area (Å²) >= 11 is 0. The number of aliphatic carboxylic acids is 1. The summed E-state index contributed by atoms with van der Waals surface area (Å²) in [5.74, 6) is -0.534. The average Bonchev–Trinajstić information content (AvgIpc) is 3.10. The average molecular weight is 289 g/mol. The van der Waals surface area contributed by atoms with E-state index >= 15 is 0 Å². The van der Waals surface area contributed by atoms with Gasteiger partial charge in [-0.1, -0.05) is 12.8 Å². The van der Waals surface area contributed by atoms with E-state index in [2.05, 4.69) is 20.5 Å². The Kier molecular flexibility index (Phi) is 3.28. The first-order valence-corrected chi connectivity index (χ1v) is 6.79. The highest BCUT2D eigenvalue weighted by Gasteiger charge is 2.42. The monoisotopic (exact) mass is 289 g/mol. The molecule has 8 nitrogen and oxygen atoms in total. The highest BCUT2D eigenvalue weighted by molar-refractivity contribution is 5.75. The zero-order valence-electron chi connectivity index (χ0n) is 11.3. The van der Waals surface area contributed by atoms with Crippen molar-refractivity contribution in [3.8, 4) is 11.4 Å². The maximum atomic E-state index is 11.9. The number of tetrazole rings is 1. The molecule has 0 radical (unpaired) electrons. The van der Waals surface area contributed by atoms with Crippen LogP contribution in [0.5, 0.6) is 0 Å². The van der Waals surface area contributed by atoms with Crippen molar-refractivity contribution in [2.75, 3.05) is 0 Å². The molecule has 0 aliphatic heterocycles. The molecule has 8 heteroatoms. The molecule has 2 N–H and O–H groups in total. The van der Waals surface area contributed by atoms with Crippen molar-refractivity contribution < 1.29 is 9.90 Å². The lowest BCUT2D eigenvalue weighted by molar-refractivity contribution is -0.149. The topological polar surface area (TPSA) is 114 Å². The van der Waals surface area contributed by atoms with Crippen molar-refractivity contribution in [3.05, 3.63) is 28.7 Å². The van der Waals surface area contributed by atoms with E-state index in [1.54, 1.807) is 0 Å². The second-order valence-corrected chi connectivity index (χ2v) is 5.37. The normalized spacial score (nSPS) is 17.0. The smallest absolute Gasteiger partial charge is 0.311 e. The number of pyridine rings is 1. The third-order valence-corrected chi connectivity index (χ3v) is 4.06. The number of hydrogen-bond acceptors (Lipinski definition) is 5. The Morgan fingerprint density at radius 3 is 2.86 bits per heavy atom. The van der Waals surface area contributed by atoms with E-state index in [4.69, 9.17) is 0 Å². The molecule has 1 saturated carbocycles. The summed E-state index contributed by atoms with van der Waals surface area (Å²) in [5.41, 5.74) is -0.715. The summed E-state index contributed by atoms with van der Waals surface area (Å²) in [6.07, 6.45) is 6.02.